The topological polar surface area (TPSA) is 78.8 Å². The molecule has 0 fully saturated rings. The summed E-state index contributed by atoms with van der Waals surface area (Å²) in [4.78, 5) is 10.5. The molecule has 2 aromatic rings. The molecule has 0 amide bonds. The number of nitrogen functional groups attached to an aromatic ring is 1. The Morgan fingerprint density at radius 3 is 2.70 bits per heavy atom. The van der Waals surface area contributed by atoms with Gasteiger partial charge in [-0.1, -0.05) is 18.2 Å². The number of anilines is 1. The summed E-state index contributed by atoms with van der Waals surface area (Å²) in [6, 6.07) is 10.3. The van der Waals surface area contributed by atoms with Crippen LogP contribution in [-0.4, -0.2) is 29.0 Å². The summed E-state index contributed by atoms with van der Waals surface area (Å²) in [5, 5.41) is 8.84. The molecule has 2 rings (SSSR count). The van der Waals surface area contributed by atoms with E-state index in [0.29, 0.717) is 17.4 Å². The van der Waals surface area contributed by atoms with E-state index in [9.17, 15) is 0 Å². The van der Waals surface area contributed by atoms with Crippen molar-refractivity contribution in [1.82, 2.24) is 14.9 Å². The molecule has 1 aromatic carbocycles. The van der Waals surface area contributed by atoms with Crippen LogP contribution in [0.25, 0.3) is 11.4 Å². The summed E-state index contributed by atoms with van der Waals surface area (Å²) in [5.74, 6) is 0.748. The van der Waals surface area contributed by atoms with E-state index in [2.05, 4.69) is 27.9 Å². The van der Waals surface area contributed by atoms with Gasteiger partial charge in [0.25, 0.3) is 0 Å². The molecular weight excluding hydrogens is 250 g/mol. The van der Waals surface area contributed by atoms with Gasteiger partial charge in [-0.25, -0.2) is 9.97 Å². The fraction of sp³-hybridized carbons (Fsp3) is 0.267. The SMILES string of the molecule is C[C@@H](c1cccc(-c2ncc(C#N)c(N)n2)c1)N(C)C. The van der Waals surface area contributed by atoms with Gasteiger partial charge < -0.3 is 10.6 Å². The second kappa shape index (κ2) is 5.68. The van der Waals surface area contributed by atoms with Crippen LogP contribution < -0.4 is 5.73 Å². The van der Waals surface area contributed by atoms with Crippen molar-refractivity contribution < 1.29 is 0 Å². The van der Waals surface area contributed by atoms with E-state index >= 15 is 0 Å². The van der Waals surface area contributed by atoms with Crippen LogP contribution in [0.1, 0.15) is 24.1 Å². The lowest BCUT2D eigenvalue weighted by Gasteiger charge is -2.20. The molecular formula is C15H17N5. The molecule has 0 bridgehead atoms. The summed E-state index contributed by atoms with van der Waals surface area (Å²) < 4.78 is 0. The lowest BCUT2D eigenvalue weighted by atomic mass is 10.0. The molecule has 1 heterocycles. The van der Waals surface area contributed by atoms with Crippen LogP contribution in [0.3, 0.4) is 0 Å². The average Bonchev–Trinajstić information content (AvgIpc) is 2.46. The highest BCUT2D eigenvalue weighted by Gasteiger charge is 2.11. The average molecular weight is 267 g/mol. The van der Waals surface area contributed by atoms with Crippen molar-refractivity contribution in [2.24, 2.45) is 0 Å². The zero-order valence-corrected chi connectivity index (χ0v) is 11.8. The van der Waals surface area contributed by atoms with Gasteiger partial charge in [-0.05, 0) is 32.6 Å². The van der Waals surface area contributed by atoms with Crippen molar-refractivity contribution >= 4 is 5.82 Å². The third kappa shape index (κ3) is 2.76. The van der Waals surface area contributed by atoms with E-state index in [1.807, 2.05) is 38.4 Å². The maximum Gasteiger partial charge on any atom is 0.161 e. The van der Waals surface area contributed by atoms with Crippen LogP contribution in [0.5, 0.6) is 0 Å². The van der Waals surface area contributed by atoms with Gasteiger partial charge in [0, 0.05) is 11.6 Å². The Labute approximate surface area is 118 Å². The highest BCUT2D eigenvalue weighted by molar-refractivity contribution is 5.60. The zero-order valence-electron chi connectivity index (χ0n) is 11.8. The first-order valence-corrected chi connectivity index (χ1v) is 6.32. The lowest BCUT2D eigenvalue weighted by molar-refractivity contribution is 0.321. The molecule has 0 saturated carbocycles. The molecule has 5 heteroatoms. The monoisotopic (exact) mass is 267 g/mol. The van der Waals surface area contributed by atoms with Gasteiger partial charge in [-0.3, -0.25) is 0 Å². The maximum atomic E-state index is 8.84. The quantitative estimate of drug-likeness (QED) is 0.922. The van der Waals surface area contributed by atoms with Crippen molar-refractivity contribution in [3.63, 3.8) is 0 Å². The smallest absolute Gasteiger partial charge is 0.161 e. The van der Waals surface area contributed by atoms with E-state index in [1.54, 1.807) is 0 Å². The highest BCUT2D eigenvalue weighted by atomic mass is 15.1. The van der Waals surface area contributed by atoms with Crippen molar-refractivity contribution in [3.05, 3.63) is 41.6 Å². The van der Waals surface area contributed by atoms with Gasteiger partial charge in [-0.2, -0.15) is 5.26 Å². The van der Waals surface area contributed by atoms with Gasteiger partial charge in [0.1, 0.15) is 17.5 Å². The maximum absolute atomic E-state index is 8.84. The number of hydrogen-bond acceptors (Lipinski definition) is 5. The summed E-state index contributed by atoms with van der Waals surface area (Å²) in [6.07, 6.45) is 1.46. The van der Waals surface area contributed by atoms with E-state index in [-0.39, 0.29) is 5.82 Å². The third-order valence-corrected chi connectivity index (χ3v) is 3.34. The predicted molar refractivity (Wildman–Crippen MR) is 78.7 cm³/mol. The number of rotatable bonds is 3. The molecule has 2 N–H and O–H groups in total. The predicted octanol–water partition coefficient (Wildman–Crippen LogP) is 2.22. The number of hydrogen-bond donors (Lipinski definition) is 1. The van der Waals surface area contributed by atoms with Crippen LogP contribution in [0.2, 0.25) is 0 Å². The Kier molecular flexibility index (Phi) is 3.97. The molecule has 0 radical (unpaired) electrons. The molecule has 20 heavy (non-hydrogen) atoms. The Balaban J connectivity index is 2.41. The molecule has 5 nitrogen and oxygen atoms in total. The summed E-state index contributed by atoms with van der Waals surface area (Å²) in [6.45, 7) is 2.13. The molecule has 1 atom stereocenters. The number of nitrogens with zero attached hydrogens (tertiary/aromatic N) is 4. The Bertz CT molecular complexity index is 658. The van der Waals surface area contributed by atoms with E-state index in [0.717, 1.165) is 5.56 Å². The number of benzene rings is 1. The minimum Gasteiger partial charge on any atom is -0.382 e. The number of nitrogens with two attached hydrogens (primary N) is 1. The highest BCUT2D eigenvalue weighted by Crippen LogP contribution is 2.23. The molecule has 102 valence electrons. The van der Waals surface area contributed by atoms with Gasteiger partial charge in [0.05, 0.1) is 6.20 Å². The summed E-state index contributed by atoms with van der Waals surface area (Å²) in [5.41, 5.74) is 8.11. The zero-order chi connectivity index (χ0) is 14.7. The van der Waals surface area contributed by atoms with Crippen molar-refractivity contribution in [1.29, 1.82) is 5.26 Å². The Morgan fingerprint density at radius 1 is 1.35 bits per heavy atom. The van der Waals surface area contributed by atoms with E-state index in [4.69, 9.17) is 11.0 Å². The first-order valence-electron chi connectivity index (χ1n) is 6.32. The minimum atomic E-state index is 0.212. The largest absolute Gasteiger partial charge is 0.382 e. The first kappa shape index (κ1) is 14.0. The second-order valence-corrected chi connectivity index (χ2v) is 4.87. The minimum absolute atomic E-state index is 0.212. The fourth-order valence-electron chi connectivity index (χ4n) is 1.86. The number of nitriles is 1. The van der Waals surface area contributed by atoms with Crippen molar-refractivity contribution in [3.8, 4) is 17.5 Å². The first-order chi connectivity index (χ1) is 9.52. The molecule has 0 saturated heterocycles. The van der Waals surface area contributed by atoms with Gasteiger partial charge in [-0.15, -0.1) is 0 Å². The Hall–Kier alpha value is -2.45. The molecule has 1 aromatic heterocycles. The van der Waals surface area contributed by atoms with Crippen LogP contribution >= 0.6 is 0 Å². The van der Waals surface area contributed by atoms with Crippen LogP contribution in [0, 0.1) is 11.3 Å². The normalized spacial score (nSPS) is 12.2. The van der Waals surface area contributed by atoms with Gasteiger partial charge in [0.15, 0.2) is 5.82 Å². The van der Waals surface area contributed by atoms with E-state index in [1.165, 1.54) is 11.8 Å². The summed E-state index contributed by atoms with van der Waals surface area (Å²) in [7, 11) is 4.07. The molecule has 0 unspecified atom stereocenters. The lowest BCUT2D eigenvalue weighted by Crippen LogP contribution is -2.16. The standard InChI is InChI=1S/C15H17N5/c1-10(20(2)3)11-5-4-6-12(7-11)15-18-9-13(8-16)14(17)19-15/h4-7,9-10H,1-3H3,(H2,17,18,19)/t10-/m0/s1. The van der Waals surface area contributed by atoms with Gasteiger partial charge >= 0.3 is 0 Å². The third-order valence-electron chi connectivity index (χ3n) is 3.34. The van der Waals surface area contributed by atoms with E-state index < -0.39 is 0 Å². The van der Waals surface area contributed by atoms with Crippen molar-refractivity contribution in [2.45, 2.75) is 13.0 Å². The molecule has 0 aliphatic rings. The molecule has 0 aliphatic heterocycles. The second-order valence-electron chi connectivity index (χ2n) is 4.87. The molecule has 0 aliphatic carbocycles. The summed E-state index contributed by atoms with van der Waals surface area (Å²) >= 11 is 0. The Morgan fingerprint density at radius 2 is 2.10 bits per heavy atom. The van der Waals surface area contributed by atoms with Crippen LogP contribution in [-0.2, 0) is 0 Å². The van der Waals surface area contributed by atoms with Crippen LogP contribution in [0.4, 0.5) is 5.82 Å². The van der Waals surface area contributed by atoms with Crippen molar-refractivity contribution in [2.75, 3.05) is 19.8 Å². The van der Waals surface area contributed by atoms with Crippen LogP contribution in [0.15, 0.2) is 30.5 Å². The van der Waals surface area contributed by atoms with Gasteiger partial charge in [0.2, 0.25) is 0 Å². The number of aromatic nitrogens is 2. The fourth-order valence-corrected chi connectivity index (χ4v) is 1.86. The molecule has 0 spiro atoms.